The maximum atomic E-state index is 12.1. The van der Waals surface area contributed by atoms with Crippen LogP contribution in [-0.4, -0.2) is 29.5 Å². The molecule has 0 spiro atoms. The highest BCUT2D eigenvalue weighted by Crippen LogP contribution is 2.17. The zero-order chi connectivity index (χ0) is 15.1. The van der Waals surface area contributed by atoms with Crippen LogP contribution in [0.2, 0.25) is 0 Å². The molecule has 1 unspecified atom stereocenters. The third-order valence-corrected chi connectivity index (χ3v) is 3.57. The quantitative estimate of drug-likeness (QED) is 0.916. The SMILES string of the molecule is CC(c1ccccc1)N(C)C(=O)NCCc1ccccn1. The van der Waals surface area contributed by atoms with Crippen molar-refractivity contribution in [2.75, 3.05) is 13.6 Å². The van der Waals surface area contributed by atoms with E-state index >= 15 is 0 Å². The van der Waals surface area contributed by atoms with E-state index in [4.69, 9.17) is 0 Å². The van der Waals surface area contributed by atoms with Gasteiger partial charge in [-0.2, -0.15) is 0 Å². The van der Waals surface area contributed by atoms with Crippen molar-refractivity contribution in [3.63, 3.8) is 0 Å². The maximum absolute atomic E-state index is 12.1. The summed E-state index contributed by atoms with van der Waals surface area (Å²) >= 11 is 0. The molecule has 1 atom stereocenters. The van der Waals surface area contributed by atoms with Crippen LogP contribution in [0, 0.1) is 0 Å². The second-order valence-electron chi connectivity index (χ2n) is 5.00. The Labute approximate surface area is 125 Å². The molecule has 1 heterocycles. The van der Waals surface area contributed by atoms with E-state index in [1.807, 2.05) is 62.5 Å². The Morgan fingerprint density at radius 1 is 1.19 bits per heavy atom. The van der Waals surface area contributed by atoms with Gasteiger partial charge in [0.25, 0.3) is 0 Å². The molecule has 0 saturated heterocycles. The number of benzene rings is 1. The van der Waals surface area contributed by atoms with Crippen molar-refractivity contribution >= 4 is 6.03 Å². The van der Waals surface area contributed by atoms with E-state index in [1.165, 1.54) is 0 Å². The zero-order valence-corrected chi connectivity index (χ0v) is 12.5. The normalized spacial score (nSPS) is 11.7. The molecule has 2 rings (SSSR count). The molecular formula is C17H21N3O. The van der Waals surface area contributed by atoms with Gasteiger partial charge >= 0.3 is 6.03 Å². The van der Waals surface area contributed by atoms with E-state index in [-0.39, 0.29) is 12.1 Å². The van der Waals surface area contributed by atoms with E-state index < -0.39 is 0 Å². The monoisotopic (exact) mass is 283 g/mol. The molecule has 4 heteroatoms. The lowest BCUT2D eigenvalue weighted by atomic mass is 10.1. The topological polar surface area (TPSA) is 45.2 Å². The van der Waals surface area contributed by atoms with Gasteiger partial charge in [-0.15, -0.1) is 0 Å². The van der Waals surface area contributed by atoms with Gasteiger partial charge in [0.05, 0.1) is 6.04 Å². The summed E-state index contributed by atoms with van der Waals surface area (Å²) in [5.74, 6) is 0. The van der Waals surface area contributed by atoms with Crippen LogP contribution in [0.25, 0.3) is 0 Å². The van der Waals surface area contributed by atoms with Crippen molar-refractivity contribution in [2.45, 2.75) is 19.4 Å². The summed E-state index contributed by atoms with van der Waals surface area (Å²) in [5.41, 5.74) is 2.11. The number of carbonyl (C=O) groups is 1. The van der Waals surface area contributed by atoms with E-state index in [0.717, 1.165) is 17.7 Å². The van der Waals surface area contributed by atoms with Crippen LogP contribution in [0.15, 0.2) is 54.7 Å². The summed E-state index contributed by atoms with van der Waals surface area (Å²) in [5, 5.41) is 2.93. The van der Waals surface area contributed by atoms with Gasteiger partial charge in [0.1, 0.15) is 0 Å². The summed E-state index contributed by atoms with van der Waals surface area (Å²) in [4.78, 5) is 18.1. The summed E-state index contributed by atoms with van der Waals surface area (Å²) in [6, 6.07) is 15.8. The van der Waals surface area contributed by atoms with Gasteiger partial charge in [0, 0.05) is 31.9 Å². The van der Waals surface area contributed by atoms with Gasteiger partial charge < -0.3 is 10.2 Å². The first kappa shape index (κ1) is 15.0. The second-order valence-corrected chi connectivity index (χ2v) is 5.00. The highest BCUT2D eigenvalue weighted by atomic mass is 16.2. The first-order valence-electron chi connectivity index (χ1n) is 7.14. The van der Waals surface area contributed by atoms with Crippen LogP contribution >= 0.6 is 0 Å². The number of pyridine rings is 1. The number of nitrogens with zero attached hydrogens (tertiary/aromatic N) is 2. The molecular weight excluding hydrogens is 262 g/mol. The minimum absolute atomic E-state index is 0.0426. The molecule has 1 aromatic heterocycles. The van der Waals surface area contributed by atoms with Crippen LogP contribution in [0.4, 0.5) is 4.79 Å². The minimum Gasteiger partial charge on any atom is -0.338 e. The molecule has 2 amide bonds. The number of carbonyl (C=O) groups excluding carboxylic acids is 1. The smallest absolute Gasteiger partial charge is 0.317 e. The molecule has 4 nitrogen and oxygen atoms in total. The van der Waals surface area contributed by atoms with E-state index in [1.54, 1.807) is 11.1 Å². The van der Waals surface area contributed by atoms with Crippen molar-refractivity contribution in [3.8, 4) is 0 Å². The number of urea groups is 1. The van der Waals surface area contributed by atoms with Crippen LogP contribution in [-0.2, 0) is 6.42 Å². The lowest BCUT2D eigenvalue weighted by Gasteiger charge is -2.25. The Kier molecular flexibility index (Phi) is 5.32. The second kappa shape index (κ2) is 7.43. The molecule has 1 N–H and O–H groups in total. The van der Waals surface area contributed by atoms with Crippen molar-refractivity contribution in [2.24, 2.45) is 0 Å². The van der Waals surface area contributed by atoms with Crippen molar-refractivity contribution in [3.05, 3.63) is 66.0 Å². The number of amides is 2. The van der Waals surface area contributed by atoms with Gasteiger partial charge in [0.2, 0.25) is 0 Å². The van der Waals surface area contributed by atoms with Gasteiger partial charge in [-0.1, -0.05) is 36.4 Å². The average molecular weight is 283 g/mol. The van der Waals surface area contributed by atoms with Crippen LogP contribution < -0.4 is 5.32 Å². The maximum Gasteiger partial charge on any atom is 0.317 e. The Morgan fingerprint density at radius 3 is 2.57 bits per heavy atom. The lowest BCUT2D eigenvalue weighted by Crippen LogP contribution is -2.39. The first-order valence-corrected chi connectivity index (χ1v) is 7.14. The fourth-order valence-electron chi connectivity index (χ4n) is 2.10. The predicted octanol–water partition coefficient (Wildman–Crippen LogP) is 3.03. The predicted molar refractivity (Wildman–Crippen MR) is 84.0 cm³/mol. The lowest BCUT2D eigenvalue weighted by molar-refractivity contribution is 0.194. The summed E-state index contributed by atoms with van der Waals surface area (Å²) < 4.78 is 0. The molecule has 0 saturated carbocycles. The van der Waals surface area contributed by atoms with Crippen LogP contribution in [0.5, 0.6) is 0 Å². The average Bonchev–Trinajstić information content (AvgIpc) is 2.55. The van der Waals surface area contributed by atoms with E-state index in [2.05, 4.69) is 10.3 Å². The Hall–Kier alpha value is -2.36. The summed E-state index contributed by atoms with van der Waals surface area (Å²) in [6.45, 7) is 2.61. The van der Waals surface area contributed by atoms with E-state index in [9.17, 15) is 4.79 Å². The molecule has 0 bridgehead atoms. The Balaban J connectivity index is 1.82. The van der Waals surface area contributed by atoms with E-state index in [0.29, 0.717) is 6.54 Å². The molecule has 110 valence electrons. The van der Waals surface area contributed by atoms with Gasteiger partial charge in [-0.25, -0.2) is 4.79 Å². The van der Waals surface area contributed by atoms with Gasteiger partial charge in [-0.05, 0) is 24.6 Å². The molecule has 21 heavy (non-hydrogen) atoms. The third-order valence-electron chi connectivity index (χ3n) is 3.57. The highest BCUT2D eigenvalue weighted by Gasteiger charge is 2.16. The van der Waals surface area contributed by atoms with Crippen molar-refractivity contribution < 1.29 is 4.79 Å². The molecule has 1 aromatic carbocycles. The van der Waals surface area contributed by atoms with Crippen LogP contribution in [0.1, 0.15) is 24.2 Å². The van der Waals surface area contributed by atoms with Crippen LogP contribution in [0.3, 0.4) is 0 Å². The van der Waals surface area contributed by atoms with Gasteiger partial charge in [-0.3, -0.25) is 4.98 Å². The Bertz CT molecular complexity index is 557. The molecule has 0 aliphatic carbocycles. The van der Waals surface area contributed by atoms with Gasteiger partial charge in [0.15, 0.2) is 0 Å². The molecule has 0 radical (unpaired) electrons. The molecule has 0 aliphatic rings. The Morgan fingerprint density at radius 2 is 1.90 bits per heavy atom. The number of hydrogen-bond acceptors (Lipinski definition) is 2. The fraction of sp³-hybridized carbons (Fsp3) is 0.294. The third kappa shape index (κ3) is 4.31. The molecule has 2 aromatic rings. The summed E-state index contributed by atoms with van der Waals surface area (Å²) in [6.07, 6.45) is 2.50. The minimum atomic E-state index is -0.0673. The standard InChI is InChI=1S/C17H21N3O/c1-14(15-8-4-3-5-9-15)20(2)17(21)19-13-11-16-10-6-7-12-18-16/h3-10,12,14H,11,13H2,1-2H3,(H,19,21). The fourth-order valence-corrected chi connectivity index (χ4v) is 2.10. The number of rotatable bonds is 5. The first-order chi connectivity index (χ1) is 10.2. The largest absolute Gasteiger partial charge is 0.338 e. The zero-order valence-electron chi connectivity index (χ0n) is 12.5. The van der Waals surface area contributed by atoms with Crippen molar-refractivity contribution in [1.29, 1.82) is 0 Å². The van der Waals surface area contributed by atoms with Crippen molar-refractivity contribution in [1.82, 2.24) is 15.2 Å². The molecule has 0 fully saturated rings. The number of aromatic nitrogens is 1. The molecule has 0 aliphatic heterocycles. The number of hydrogen-bond donors (Lipinski definition) is 1. The number of nitrogens with one attached hydrogen (secondary N) is 1. The highest BCUT2D eigenvalue weighted by molar-refractivity contribution is 5.74. The summed E-state index contributed by atoms with van der Waals surface area (Å²) in [7, 11) is 1.81.